The number of nitrogens with zero attached hydrogens (tertiary/aromatic N) is 4. The second-order valence-corrected chi connectivity index (χ2v) is 5.81. The molecule has 3 rings (SSSR count). The summed E-state index contributed by atoms with van der Waals surface area (Å²) in [6.07, 6.45) is -1.03. The van der Waals surface area contributed by atoms with E-state index < -0.39 is 12.2 Å². The third-order valence-electron chi connectivity index (χ3n) is 4.26. The fourth-order valence-electron chi connectivity index (χ4n) is 2.94. The number of aromatic nitrogens is 3. The Hall–Kier alpha value is -2.35. The molecule has 2 heterocycles. The van der Waals surface area contributed by atoms with Gasteiger partial charge in [-0.2, -0.15) is 15.0 Å². The third-order valence-corrected chi connectivity index (χ3v) is 4.26. The van der Waals surface area contributed by atoms with Crippen molar-refractivity contribution in [3.05, 3.63) is 41.2 Å². The smallest absolute Gasteiger partial charge is 0.297 e. The molecule has 0 bridgehead atoms. The first-order valence-electron chi connectivity index (χ1n) is 7.81. The van der Waals surface area contributed by atoms with E-state index >= 15 is 0 Å². The third kappa shape index (κ3) is 3.59. The lowest BCUT2D eigenvalue weighted by atomic mass is 9.89. The zero-order valence-corrected chi connectivity index (χ0v) is 13.1. The molecule has 1 aromatic heterocycles. The molecule has 0 amide bonds. The Kier molecular flexibility index (Phi) is 4.84. The number of rotatable bonds is 4. The van der Waals surface area contributed by atoms with E-state index in [9.17, 15) is 8.78 Å². The van der Waals surface area contributed by atoms with Crippen LogP contribution in [0.25, 0.3) is 0 Å². The lowest BCUT2D eigenvalue weighted by Crippen LogP contribution is -2.34. The van der Waals surface area contributed by atoms with Gasteiger partial charge in [0.05, 0.1) is 6.61 Å². The van der Waals surface area contributed by atoms with Crippen LogP contribution in [0, 0.1) is 0 Å². The van der Waals surface area contributed by atoms with Gasteiger partial charge in [0, 0.05) is 13.1 Å². The normalized spacial score (nSPS) is 15.9. The molecule has 1 aromatic carbocycles. The van der Waals surface area contributed by atoms with E-state index in [0.29, 0.717) is 19.0 Å². The van der Waals surface area contributed by atoms with Crippen LogP contribution in [0.1, 0.15) is 42.1 Å². The van der Waals surface area contributed by atoms with Crippen LogP contribution < -0.4 is 10.6 Å². The summed E-state index contributed by atoms with van der Waals surface area (Å²) in [5.74, 6) is -0.161. The molecule has 3 N–H and O–H groups in total. The molecule has 128 valence electrons. The number of aliphatic hydroxyl groups is 1. The zero-order chi connectivity index (χ0) is 17.1. The zero-order valence-electron chi connectivity index (χ0n) is 13.1. The van der Waals surface area contributed by atoms with Crippen LogP contribution >= 0.6 is 0 Å². The largest absolute Gasteiger partial charge is 0.392 e. The van der Waals surface area contributed by atoms with Gasteiger partial charge in [0.2, 0.25) is 17.7 Å². The summed E-state index contributed by atoms with van der Waals surface area (Å²) in [7, 11) is 0. The number of hydrogen-bond donors (Lipinski definition) is 2. The molecule has 1 saturated heterocycles. The summed E-state index contributed by atoms with van der Waals surface area (Å²) in [6, 6.07) is 7.90. The molecular weight excluding hydrogens is 316 g/mol. The average molecular weight is 335 g/mol. The molecule has 8 heteroatoms. The lowest BCUT2D eigenvalue weighted by Gasteiger charge is -2.32. The molecule has 1 aliphatic rings. The van der Waals surface area contributed by atoms with Crippen molar-refractivity contribution in [3.8, 4) is 0 Å². The van der Waals surface area contributed by atoms with Gasteiger partial charge in [-0.25, -0.2) is 8.78 Å². The molecule has 0 saturated carbocycles. The molecule has 1 fully saturated rings. The first-order valence-corrected chi connectivity index (χ1v) is 7.81. The topological polar surface area (TPSA) is 88.2 Å². The Bertz CT molecular complexity index is 687. The van der Waals surface area contributed by atoms with Crippen molar-refractivity contribution in [3.63, 3.8) is 0 Å². The number of anilines is 2. The van der Waals surface area contributed by atoms with Crippen LogP contribution in [0.5, 0.6) is 0 Å². The van der Waals surface area contributed by atoms with Crippen molar-refractivity contribution in [1.29, 1.82) is 0 Å². The molecule has 0 aliphatic carbocycles. The Balaban J connectivity index is 1.68. The highest BCUT2D eigenvalue weighted by Gasteiger charge is 2.24. The van der Waals surface area contributed by atoms with Crippen molar-refractivity contribution in [1.82, 2.24) is 15.0 Å². The maximum Gasteiger partial charge on any atom is 0.297 e. The standard InChI is InChI=1S/C16H19F2N5O/c17-13(18)14-20-15(19)22-16(21-14)23-7-5-12(6-8-23)11-3-1-10(9-24)2-4-11/h1-4,12-13,24H,5-9H2,(H2,19,20,21,22). The Morgan fingerprint density at radius 1 is 1.12 bits per heavy atom. The minimum atomic E-state index is -2.77. The summed E-state index contributed by atoms with van der Waals surface area (Å²) in [5.41, 5.74) is 7.61. The fourth-order valence-corrected chi connectivity index (χ4v) is 2.94. The molecule has 24 heavy (non-hydrogen) atoms. The van der Waals surface area contributed by atoms with Crippen molar-refractivity contribution >= 4 is 11.9 Å². The second-order valence-electron chi connectivity index (χ2n) is 5.81. The number of alkyl halides is 2. The van der Waals surface area contributed by atoms with Crippen LogP contribution in [-0.4, -0.2) is 33.1 Å². The van der Waals surface area contributed by atoms with Crippen LogP contribution in [0.4, 0.5) is 20.7 Å². The highest BCUT2D eigenvalue weighted by molar-refractivity contribution is 5.36. The monoisotopic (exact) mass is 335 g/mol. The van der Waals surface area contributed by atoms with Gasteiger partial charge in [-0.3, -0.25) is 0 Å². The van der Waals surface area contributed by atoms with Gasteiger partial charge in [0.25, 0.3) is 6.43 Å². The number of hydrogen-bond acceptors (Lipinski definition) is 6. The van der Waals surface area contributed by atoms with E-state index in [-0.39, 0.29) is 18.5 Å². The number of benzene rings is 1. The summed E-state index contributed by atoms with van der Waals surface area (Å²) in [5, 5.41) is 9.09. The number of nitrogens with two attached hydrogens (primary N) is 1. The van der Waals surface area contributed by atoms with Crippen molar-refractivity contribution in [2.24, 2.45) is 0 Å². The van der Waals surface area contributed by atoms with Gasteiger partial charge in [-0.1, -0.05) is 24.3 Å². The Morgan fingerprint density at radius 2 is 1.79 bits per heavy atom. The van der Waals surface area contributed by atoms with Crippen molar-refractivity contribution in [2.45, 2.75) is 31.8 Å². The number of aliphatic hydroxyl groups excluding tert-OH is 1. The van der Waals surface area contributed by atoms with E-state index in [1.165, 1.54) is 5.56 Å². The quantitative estimate of drug-likeness (QED) is 0.891. The van der Waals surface area contributed by atoms with E-state index in [1.807, 2.05) is 29.2 Å². The SMILES string of the molecule is Nc1nc(C(F)F)nc(N2CCC(c3ccc(CO)cc3)CC2)n1. The van der Waals surface area contributed by atoms with Crippen molar-refractivity contribution < 1.29 is 13.9 Å². The minimum absolute atomic E-state index is 0.0337. The predicted octanol–water partition coefficient (Wildman–Crippen LogP) is 2.27. The van der Waals surface area contributed by atoms with E-state index in [0.717, 1.165) is 18.4 Å². The second kappa shape index (κ2) is 7.04. The highest BCUT2D eigenvalue weighted by Crippen LogP contribution is 2.30. The fraction of sp³-hybridized carbons (Fsp3) is 0.438. The molecular formula is C16H19F2N5O. The Labute approximate surface area is 138 Å². The van der Waals surface area contributed by atoms with Crippen LogP contribution in [0.2, 0.25) is 0 Å². The molecule has 1 aliphatic heterocycles. The maximum absolute atomic E-state index is 12.8. The maximum atomic E-state index is 12.8. The van der Waals surface area contributed by atoms with Gasteiger partial charge in [0.15, 0.2) is 0 Å². The molecule has 0 unspecified atom stereocenters. The summed E-state index contributed by atoms with van der Waals surface area (Å²) in [4.78, 5) is 13.1. The Morgan fingerprint density at radius 3 is 2.38 bits per heavy atom. The van der Waals surface area contributed by atoms with Gasteiger partial charge in [0.1, 0.15) is 0 Å². The van der Waals surface area contributed by atoms with Crippen LogP contribution in [0.3, 0.4) is 0 Å². The van der Waals surface area contributed by atoms with Gasteiger partial charge < -0.3 is 15.7 Å². The van der Waals surface area contributed by atoms with E-state index in [2.05, 4.69) is 15.0 Å². The van der Waals surface area contributed by atoms with Crippen molar-refractivity contribution in [2.75, 3.05) is 23.7 Å². The summed E-state index contributed by atoms with van der Waals surface area (Å²) < 4.78 is 25.6. The van der Waals surface area contributed by atoms with Crippen LogP contribution in [-0.2, 0) is 6.61 Å². The molecule has 2 aromatic rings. The molecule has 0 radical (unpaired) electrons. The first-order chi connectivity index (χ1) is 11.6. The lowest BCUT2D eigenvalue weighted by molar-refractivity contribution is 0.140. The number of nitrogen functional groups attached to an aromatic ring is 1. The highest BCUT2D eigenvalue weighted by atomic mass is 19.3. The van der Waals surface area contributed by atoms with Gasteiger partial charge in [-0.05, 0) is 29.9 Å². The van der Waals surface area contributed by atoms with Gasteiger partial charge >= 0.3 is 0 Å². The van der Waals surface area contributed by atoms with E-state index in [4.69, 9.17) is 10.8 Å². The molecule has 6 nitrogen and oxygen atoms in total. The summed E-state index contributed by atoms with van der Waals surface area (Å²) >= 11 is 0. The van der Waals surface area contributed by atoms with Gasteiger partial charge in [-0.15, -0.1) is 0 Å². The first kappa shape index (κ1) is 16.5. The minimum Gasteiger partial charge on any atom is -0.392 e. The number of piperidine rings is 1. The molecule has 0 spiro atoms. The predicted molar refractivity (Wildman–Crippen MR) is 85.7 cm³/mol. The summed E-state index contributed by atoms with van der Waals surface area (Å²) in [6.45, 7) is 1.36. The van der Waals surface area contributed by atoms with Crippen LogP contribution in [0.15, 0.2) is 24.3 Å². The average Bonchev–Trinajstić information content (AvgIpc) is 2.61. The van der Waals surface area contributed by atoms with E-state index in [1.54, 1.807) is 0 Å². The number of halogens is 2. The molecule has 0 atom stereocenters.